The van der Waals surface area contributed by atoms with Gasteiger partial charge in [0, 0.05) is 35.8 Å². The van der Waals surface area contributed by atoms with Crippen molar-refractivity contribution in [3.63, 3.8) is 0 Å². The molecule has 0 bridgehead atoms. The number of anilines is 1. The van der Waals surface area contributed by atoms with E-state index in [1.165, 1.54) is 12.8 Å². The fourth-order valence-electron chi connectivity index (χ4n) is 3.03. The zero-order valence-electron chi connectivity index (χ0n) is 16.7. The average Bonchev–Trinajstić information content (AvgIpc) is 2.60. The molecule has 1 aromatic heterocycles. The summed E-state index contributed by atoms with van der Waals surface area (Å²) in [5.74, 6) is 0. The Morgan fingerprint density at radius 3 is 2.67 bits per heavy atom. The third kappa shape index (κ3) is 6.10. The molecule has 0 aliphatic rings. The summed E-state index contributed by atoms with van der Waals surface area (Å²) in [4.78, 5) is 26.0. The van der Waals surface area contributed by atoms with Gasteiger partial charge in [-0.1, -0.05) is 19.8 Å². The molecule has 0 aliphatic heterocycles. The molecule has 1 N–H and O–H groups in total. The number of carbonyl (C=O) groups is 1. The summed E-state index contributed by atoms with van der Waals surface area (Å²) in [6, 6.07) is 7.28. The summed E-state index contributed by atoms with van der Waals surface area (Å²) < 4.78 is 10.2. The molecule has 148 valence electrons. The second kappa shape index (κ2) is 10.1. The lowest BCUT2D eigenvalue weighted by molar-refractivity contribution is 0.168. The molecule has 6 nitrogen and oxygen atoms in total. The van der Waals surface area contributed by atoms with Crippen LogP contribution in [-0.2, 0) is 11.3 Å². The van der Waals surface area contributed by atoms with Crippen LogP contribution in [0.3, 0.4) is 0 Å². The summed E-state index contributed by atoms with van der Waals surface area (Å²) in [5.41, 5.74) is 1.55. The number of carbonyl (C=O) groups excluding carboxylic acids is 1. The van der Waals surface area contributed by atoms with Gasteiger partial charge in [-0.3, -0.25) is 10.2 Å². The summed E-state index contributed by atoms with van der Waals surface area (Å²) >= 11 is 0. The van der Waals surface area contributed by atoms with Crippen molar-refractivity contribution in [2.45, 2.75) is 59.5 Å². The zero-order chi connectivity index (χ0) is 19.8. The number of amides is 1. The van der Waals surface area contributed by atoms with Gasteiger partial charge in [0.25, 0.3) is 0 Å². The van der Waals surface area contributed by atoms with Crippen LogP contribution in [0.5, 0.6) is 0 Å². The van der Waals surface area contributed by atoms with E-state index in [4.69, 9.17) is 9.15 Å². The Bertz CT molecular complexity index is 813. The zero-order valence-corrected chi connectivity index (χ0v) is 16.7. The van der Waals surface area contributed by atoms with Crippen LogP contribution in [0.2, 0.25) is 0 Å². The fraction of sp³-hybridized carbons (Fsp3) is 0.524. The van der Waals surface area contributed by atoms with Crippen molar-refractivity contribution in [3.8, 4) is 0 Å². The third-order valence-electron chi connectivity index (χ3n) is 4.50. The van der Waals surface area contributed by atoms with Crippen molar-refractivity contribution in [2.24, 2.45) is 0 Å². The van der Waals surface area contributed by atoms with Gasteiger partial charge < -0.3 is 9.15 Å². The molecule has 0 unspecified atom stereocenters. The Labute approximate surface area is 160 Å². The van der Waals surface area contributed by atoms with E-state index in [0.29, 0.717) is 30.5 Å². The SMILES string of the molecule is CCCCCN(Cc1cc(=O)oc2cc(NC(=O)OCC)ccc12)C(C)C. The van der Waals surface area contributed by atoms with E-state index in [-0.39, 0.29) is 5.63 Å². The van der Waals surface area contributed by atoms with Crippen LogP contribution >= 0.6 is 0 Å². The number of hydrogen-bond donors (Lipinski definition) is 1. The van der Waals surface area contributed by atoms with E-state index in [2.05, 4.69) is 31.0 Å². The minimum absolute atomic E-state index is 0.293. The number of nitrogens with one attached hydrogen (secondary N) is 1. The molecule has 27 heavy (non-hydrogen) atoms. The number of hydrogen-bond acceptors (Lipinski definition) is 5. The average molecular weight is 374 g/mol. The lowest BCUT2D eigenvalue weighted by Gasteiger charge is -2.27. The van der Waals surface area contributed by atoms with Crippen LogP contribution in [0.1, 0.15) is 52.5 Å². The Balaban J connectivity index is 2.28. The van der Waals surface area contributed by atoms with E-state index in [0.717, 1.165) is 23.9 Å². The number of fused-ring (bicyclic) bond motifs is 1. The minimum Gasteiger partial charge on any atom is -0.450 e. The Morgan fingerprint density at radius 1 is 1.22 bits per heavy atom. The van der Waals surface area contributed by atoms with Crippen molar-refractivity contribution in [1.82, 2.24) is 4.90 Å². The first-order chi connectivity index (χ1) is 12.9. The lowest BCUT2D eigenvalue weighted by Crippen LogP contribution is -2.31. The molecule has 2 aromatic rings. The monoisotopic (exact) mass is 374 g/mol. The number of nitrogens with zero attached hydrogens (tertiary/aromatic N) is 1. The number of rotatable bonds is 9. The normalized spacial score (nSPS) is 11.3. The third-order valence-corrected chi connectivity index (χ3v) is 4.50. The van der Waals surface area contributed by atoms with Gasteiger partial charge in [-0.05, 0) is 51.4 Å². The number of unbranched alkanes of at least 4 members (excludes halogenated alkanes) is 2. The van der Waals surface area contributed by atoms with E-state index in [1.54, 1.807) is 25.1 Å². The first-order valence-corrected chi connectivity index (χ1v) is 9.69. The second-order valence-electron chi connectivity index (χ2n) is 6.92. The topological polar surface area (TPSA) is 71.8 Å². The maximum absolute atomic E-state index is 12.1. The van der Waals surface area contributed by atoms with Crippen LogP contribution in [0.15, 0.2) is 33.5 Å². The summed E-state index contributed by atoms with van der Waals surface area (Å²) in [6.07, 6.45) is 2.99. The quantitative estimate of drug-likeness (QED) is 0.506. The predicted octanol–water partition coefficient (Wildman–Crippen LogP) is 4.76. The molecule has 0 fully saturated rings. The van der Waals surface area contributed by atoms with Crippen molar-refractivity contribution in [3.05, 3.63) is 40.2 Å². The van der Waals surface area contributed by atoms with E-state index in [9.17, 15) is 9.59 Å². The van der Waals surface area contributed by atoms with Crippen LogP contribution in [0.4, 0.5) is 10.5 Å². The van der Waals surface area contributed by atoms with E-state index in [1.807, 2.05) is 6.07 Å². The molecule has 0 saturated carbocycles. The number of benzene rings is 1. The van der Waals surface area contributed by atoms with Crippen LogP contribution in [-0.4, -0.2) is 30.2 Å². The summed E-state index contributed by atoms with van der Waals surface area (Å²) in [5, 5.41) is 3.51. The Kier molecular flexibility index (Phi) is 7.85. The summed E-state index contributed by atoms with van der Waals surface area (Å²) in [6.45, 7) is 10.2. The second-order valence-corrected chi connectivity index (χ2v) is 6.92. The maximum Gasteiger partial charge on any atom is 0.411 e. The van der Waals surface area contributed by atoms with Crippen LogP contribution in [0, 0.1) is 0 Å². The van der Waals surface area contributed by atoms with Crippen molar-refractivity contribution in [2.75, 3.05) is 18.5 Å². The molecule has 0 radical (unpaired) electrons. The van der Waals surface area contributed by atoms with E-state index >= 15 is 0 Å². The van der Waals surface area contributed by atoms with Crippen molar-refractivity contribution >= 4 is 22.7 Å². The largest absolute Gasteiger partial charge is 0.450 e. The van der Waals surface area contributed by atoms with Crippen molar-refractivity contribution < 1.29 is 13.9 Å². The van der Waals surface area contributed by atoms with Gasteiger partial charge in [-0.25, -0.2) is 9.59 Å². The fourth-order valence-corrected chi connectivity index (χ4v) is 3.03. The molecular formula is C21H30N2O4. The van der Waals surface area contributed by atoms with Gasteiger partial charge >= 0.3 is 11.7 Å². The van der Waals surface area contributed by atoms with Gasteiger partial charge in [0.15, 0.2) is 0 Å². The van der Waals surface area contributed by atoms with Gasteiger partial charge in [0.1, 0.15) is 5.58 Å². The minimum atomic E-state index is -0.530. The smallest absolute Gasteiger partial charge is 0.411 e. The molecule has 0 saturated heterocycles. The van der Waals surface area contributed by atoms with Gasteiger partial charge in [0.2, 0.25) is 0 Å². The molecule has 1 heterocycles. The first kappa shape index (κ1) is 21.0. The Hall–Kier alpha value is -2.34. The predicted molar refractivity (Wildman–Crippen MR) is 108 cm³/mol. The molecule has 6 heteroatoms. The first-order valence-electron chi connectivity index (χ1n) is 9.69. The molecule has 0 spiro atoms. The van der Waals surface area contributed by atoms with Crippen LogP contribution in [0.25, 0.3) is 11.0 Å². The highest BCUT2D eigenvalue weighted by Crippen LogP contribution is 2.23. The Morgan fingerprint density at radius 2 is 2.00 bits per heavy atom. The number of ether oxygens (including phenoxy) is 1. The maximum atomic E-state index is 12.1. The molecule has 0 atom stereocenters. The molecule has 1 amide bonds. The van der Waals surface area contributed by atoms with E-state index < -0.39 is 6.09 Å². The van der Waals surface area contributed by atoms with Crippen LogP contribution < -0.4 is 10.9 Å². The summed E-state index contributed by atoms with van der Waals surface area (Å²) in [7, 11) is 0. The van der Waals surface area contributed by atoms with Crippen molar-refractivity contribution in [1.29, 1.82) is 0 Å². The van der Waals surface area contributed by atoms with Gasteiger partial charge in [-0.15, -0.1) is 0 Å². The molecule has 2 rings (SSSR count). The van der Waals surface area contributed by atoms with Gasteiger partial charge in [-0.2, -0.15) is 0 Å². The standard InChI is InChI=1S/C21H30N2O4/c1-5-7-8-11-23(15(3)4)14-16-12-20(24)27-19-13-17(9-10-18(16)19)22-21(25)26-6-2/h9-10,12-13,15H,5-8,11,14H2,1-4H3,(H,22,25). The molecular weight excluding hydrogens is 344 g/mol. The molecule has 0 aliphatic carbocycles. The highest BCUT2D eigenvalue weighted by atomic mass is 16.5. The highest BCUT2D eigenvalue weighted by Gasteiger charge is 2.14. The lowest BCUT2D eigenvalue weighted by atomic mass is 10.1. The highest BCUT2D eigenvalue weighted by molar-refractivity contribution is 5.89. The van der Waals surface area contributed by atoms with Gasteiger partial charge in [0.05, 0.1) is 6.61 Å². The molecule has 1 aromatic carbocycles.